The van der Waals surface area contributed by atoms with Crippen LogP contribution in [0.4, 0.5) is 5.69 Å². The van der Waals surface area contributed by atoms with Crippen LogP contribution in [0.3, 0.4) is 0 Å². The lowest BCUT2D eigenvalue weighted by Gasteiger charge is -2.32. The zero-order valence-electron chi connectivity index (χ0n) is 10.6. The van der Waals surface area contributed by atoms with Gasteiger partial charge in [-0.25, -0.2) is 0 Å². The number of benzene rings is 1. The largest absolute Gasteiger partial charge is 1.00 e. The molecule has 1 N–H and O–H groups in total. The minimum absolute atomic E-state index is 0. The fourth-order valence-electron chi connectivity index (χ4n) is 2.21. The third kappa shape index (κ3) is 2.42. The molecule has 1 aromatic rings. The summed E-state index contributed by atoms with van der Waals surface area (Å²) in [5, 5.41) is 3.35. The molecule has 4 nitrogen and oxygen atoms in total. The van der Waals surface area contributed by atoms with Gasteiger partial charge in [0, 0.05) is 26.2 Å². The van der Waals surface area contributed by atoms with Crippen LogP contribution in [0.15, 0.2) is 18.2 Å². The number of ether oxygens (including phenoxy) is 2. The summed E-state index contributed by atoms with van der Waals surface area (Å²) in [7, 11) is 0. The summed E-state index contributed by atoms with van der Waals surface area (Å²) in [6, 6.07) is 6.11. The maximum atomic E-state index is 5.72. The number of hydrogen-bond donors (Lipinski definition) is 1. The Morgan fingerprint density at radius 1 is 1.12 bits per heavy atom. The SMILES string of the molecule is [Cl-].[H+].c1cc2c(c(N3CCNCC3)c1)OCCO2. The number of nitrogens with one attached hydrogen (secondary N) is 1. The van der Waals surface area contributed by atoms with Crippen molar-refractivity contribution in [3.8, 4) is 11.5 Å². The fourth-order valence-corrected chi connectivity index (χ4v) is 2.21. The molecule has 94 valence electrons. The molecule has 1 fully saturated rings. The molecular weight excluding hydrogens is 240 g/mol. The highest BCUT2D eigenvalue weighted by Gasteiger charge is 2.20. The first-order valence-electron chi connectivity index (χ1n) is 5.79. The predicted octanol–water partition coefficient (Wildman–Crippen LogP) is -2.02. The van der Waals surface area contributed by atoms with E-state index in [-0.39, 0.29) is 13.8 Å². The Hall–Kier alpha value is -1.13. The molecule has 0 saturated carbocycles. The van der Waals surface area contributed by atoms with E-state index in [0.29, 0.717) is 13.2 Å². The van der Waals surface area contributed by atoms with Crippen molar-refractivity contribution in [3.63, 3.8) is 0 Å². The highest BCUT2D eigenvalue weighted by atomic mass is 35.5. The van der Waals surface area contributed by atoms with Gasteiger partial charge in [-0.2, -0.15) is 0 Å². The molecule has 0 amide bonds. The lowest BCUT2D eigenvalue weighted by atomic mass is 10.2. The summed E-state index contributed by atoms with van der Waals surface area (Å²) in [5.74, 6) is 1.79. The van der Waals surface area contributed by atoms with Crippen molar-refractivity contribution < 1.29 is 23.3 Å². The Balaban J connectivity index is 0.000000810. The summed E-state index contributed by atoms with van der Waals surface area (Å²) in [4.78, 5) is 2.35. The highest BCUT2D eigenvalue weighted by molar-refractivity contribution is 5.65. The van der Waals surface area contributed by atoms with Crippen LogP contribution >= 0.6 is 0 Å². The van der Waals surface area contributed by atoms with Gasteiger partial charge in [-0.1, -0.05) is 6.07 Å². The van der Waals surface area contributed by atoms with Crippen molar-refractivity contribution in [1.29, 1.82) is 0 Å². The first kappa shape index (κ1) is 12.3. The van der Waals surface area contributed by atoms with E-state index < -0.39 is 0 Å². The first-order valence-corrected chi connectivity index (χ1v) is 5.79. The number of fused-ring (bicyclic) bond motifs is 1. The molecule has 5 heteroatoms. The highest BCUT2D eigenvalue weighted by Crippen LogP contribution is 2.39. The number of hydrogen-bond acceptors (Lipinski definition) is 4. The number of anilines is 1. The number of rotatable bonds is 1. The summed E-state index contributed by atoms with van der Waals surface area (Å²) < 4.78 is 11.3. The number of para-hydroxylation sites is 1. The van der Waals surface area contributed by atoms with E-state index >= 15 is 0 Å². The van der Waals surface area contributed by atoms with Crippen LogP contribution in [0.1, 0.15) is 1.43 Å². The minimum atomic E-state index is 0. The normalized spacial score (nSPS) is 18.5. The Morgan fingerprint density at radius 2 is 1.88 bits per heavy atom. The molecule has 17 heavy (non-hydrogen) atoms. The van der Waals surface area contributed by atoms with Crippen LogP contribution in [-0.4, -0.2) is 39.4 Å². The van der Waals surface area contributed by atoms with E-state index in [1.807, 2.05) is 12.1 Å². The Bertz CT molecular complexity index is 386. The van der Waals surface area contributed by atoms with Gasteiger partial charge < -0.3 is 32.1 Å². The average Bonchev–Trinajstić information content (AvgIpc) is 2.39. The molecule has 2 aliphatic rings. The Kier molecular flexibility index (Phi) is 3.97. The van der Waals surface area contributed by atoms with Gasteiger partial charge in [-0.3, -0.25) is 0 Å². The fraction of sp³-hybridized carbons (Fsp3) is 0.500. The molecule has 0 radical (unpaired) electrons. The maximum absolute atomic E-state index is 5.72. The zero-order valence-corrected chi connectivity index (χ0v) is 10.4. The van der Waals surface area contributed by atoms with Gasteiger partial charge in [-0.05, 0) is 12.1 Å². The Morgan fingerprint density at radius 3 is 2.71 bits per heavy atom. The molecule has 0 aliphatic carbocycles. The lowest BCUT2D eigenvalue weighted by Crippen LogP contribution is -3.00. The molecule has 0 spiro atoms. The zero-order chi connectivity index (χ0) is 10.8. The molecule has 0 bridgehead atoms. The number of nitrogens with zero attached hydrogens (tertiary/aromatic N) is 1. The van der Waals surface area contributed by atoms with Crippen LogP contribution in [0.5, 0.6) is 11.5 Å². The van der Waals surface area contributed by atoms with Gasteiger partial charge in [0.1, 0.15) is 13.2 Å². The van der Waals surface area contributed by atoms with Crippen molar-refractivity contribution in [2.75, 3.05) is 44.3 Å². The second-order valence-corrected chi connectivity index (χ2v) is 4.04. The van der Waals surface area contributed by atoms with E-state index in [2.05, 4.69) is 16.3 Å². The molecule has 0 aromatic heterocycles. The third-order valence-corrected chi connectivity index (χ3v) is 3.00. The minimum Gasteiger partial charge on any atom is -1.00 e. The monoisotopic (exact) mass is 256 g/mol. The van der Waals surface area contributed by atoms with Crippen LogP contribution in [0.2, 0.25) is 0 Å². The average molecular weight is 257 g/mol. The van der Waals surface area contributed by atoms with Crippen LogP contribution in [0, 0.1) is 0 Å². The number of piperazine rings is 1. The summed E-state index contributed by atoms with van der Waals surface area (Å²) in [6.45, 7) is 5.42. The summed E-state index contributed by atoms with van der Waals surface area (Å²) in [5.41, 5.74) is 1.17. The smallest absolute Gasteiger partial charge is 1.00 e. The van der Waals surface area contributed by atoms with Crippen molar-refractivity contribution in [1.82, 2.24) is 5.32 Å². The van der Waals surface area contributed by atoms with Crippen molar-refractivity contribution in [2.24, 2.45) is 0 Å². The first-order chi connectivity index (χ1) is 7.95. The Labute approximate surface area is 109 Å². The van der Waals surface area contributed by atoms with Gasteiger partial charge in [0.2, 0.25) is 0 Å². The van der Waals surface area contributed by atoms with Crippen molar-refractivity contribution in [2.45, 2.75) is 0 Å². The topological polar surface area (TPSA) is 33.7 Å². The summed E-state index contributed by atoms with van der Waals surface area (Å²) >= 11 is 0. The van der Waals surface area contributed by atoms with E-state index in [9.17, 15) is 0 Å². The van der Waals surface area contributed by atoms with Crippen LogP contribution in [-0.2, 0) is 0 Å². The van der Waals surface area contributed by atoms with E-state index in [0.717, 1.165) is 37.7 Å². The van der Waals surface area contributed by atoms with E-state index in [1.54, 1.807) is 0 Å². The van der Waals surface area contributed by atoms with Gasteiger partial charge >= 0.3 is 1.43 Å². The maximum Gasteiger partial charge on any atom is 1.00 e. The molecular formula is C12H17ClN2O2. The molecule has 0 atom stereocenters. The van der Waals surface area contributed by atoms with Crippen molar-refractivity contribution >= 4 is 5.69 Å². The van der Waals surface area contributed by atoms with Crippen molar-refractivity contribution in [3.05, 3.63) is 18.2 Å². The molecule has 0 unspecified atom stereocenters. The standard InChI is InChI=1S/C12H16N2O2.ClH/c1-2-10(14-6-4-13-5-7-14)12-11(3-1)15-8-9-16-12;/h1-3,13H,4-9H2;1H. The van der Waals surface area contributed by atoms with Gasteiger partial charge in [0.15, 0.2) is 11.5 Å². The van der Waals surface area contributed by atoms with Gasteiger partial charge in [0.25, 0.3) is 0 Å². The van der Waals surface area contributed by atoms with E-state index in [1.165, 1.54) is 5.69 Å². The molecule has 1 saturated heterocycles. The van der Waals surface area contributed by atoms with Crippen LogP contribution in [0.25, 0.3) is 0 Å². The molecule has 2 aliphatic heterocycles. The van der Waals surface area contributed by atoms with Gasteiger partial charge in [0.05, 0.1) is 5.69 Å². The van der Waals surface area contributed by atoms with Gasteiger partial charge in [-0.15, -0.1) is 0 Å². The predicted molar refractivity (Wildman–Crippen MR) is 63.6 cm³/mol. The summed E-state index contributed by atoms with van der Waals surface area (Å²) in [6.07, 6.45) is 0. The molecule has 2 heterocycles. The van der Waals surface area contributed by atoms with E-state index in [4.69, 9.17) is 9.47 Å². The third-order valence-electron chi connectivity index (χ3n) is 3.00. The van der Waals surface area contributed by atoms with Crippen LogP contribution < -0.4 is 32.1 Å². The molecule has 1 aromatic carbocycles. The second-order valence-electron chi connectivity index (χ2n) is 4.04. The second kappa shape index (κ2) is 5.47. The molecule has 3 rings (SSSR count). The lowest BCUT2D eigenvalue weighted by molar-refractivity contribution is -0.00000379. The number of halogens is 1. The quantitative estimate of drug-likeness (QED) is 0.629.